The minimum absolute atomic E-state index is 0.0607. The van der Waals surface area contributed by atoms with Crippen LogP contribution in [0.4, 0.5) is 8.78 Å². The zero-order chi connectivity index (χ0) is 15.1. The Kier molecular flexibility index (Phi) is 5.89. The third-order valence-electron chi connectivity index (χ3n) is 2.50. The van der Waals surface area contributed by atoms with Crippen molar-refractivity contribution < 1.29 is 28.2 Å². The summed E-state index contributed by atoms with van der Waals surface area (Å²) < 4.78 is 28.3. The van der Waals surface area contributed by atoms with Gasteiger partial charge >= 0.3 is 12.6 Å². The number of rotatable bonds is 7. The second-order valence-electron chi connectivity index (χ2n) is 4.06. The van der Waals surface area contributed by atoms with E-state index in [4.69, 9.17) is 5.11 Å². The normalized spacial score (nSPS) is 12.0. The number of hydrogen-bond acceptors (Lipinski definition) is 3. The van der Waals surface area contributed by atoms with Gasteiger partial charge in [0, 0.05) is 5.56 Å². The second-order valence-corrected chi connectivity index (χ2v) is 4.06. The van der Waals surface area contributed by atoms with Crippen LogP contribution in [0.1, 0.15) is 30.1 Å². The van der Waals surface area contributed by atoms with Gasteiger partial charge in [0.25, 0.3) is 5.91 Å². The molecule has 0 aliphatic heterocycles. The highest BCUT2D eigenvalue weighted by Gasteiger charge is 2.20. The van der Waals surface area contributed by atoms with E-state index in [-0.39, 0.29) is 17.7 Å². The Hall–Kier alpha value is -2.18. The van der Waals surface area contributed by atoms with E-state index < -0.39 is 24.5 Å². The van der Waals surface area contributed by atoms with Crippen molar-refractivity contribution in [2.45, 2.75) is 32.4 Å². The first-order chi connectivity index (χ1) is 9.43. The van der Waals surface area contributed by atoms with Crippen LogP contribution in [0.15, 0.2) is 24.3 Å². The van der Waals surface area contributed by atoms with Gasteiger partial charge in [-0.05, 0) is 24.6 Å². The standard InChI is InChI=1S/C13H15F2NO4/c1-2-4-10(12(18)19)16-11(17)8-5-3-6-9(7-8)20-13(14)15/h3,5-7,10,13H,2,4H2,1H3,(H,16,17)(H,18,19). The molecule has 2 N–H and O–H groups in total. The molecule has 1 aromatic carbocycles. The number of amides is 1. The summed E-state index contributed by atoms with van der Waals surface area (Å²) in [5.74, 6) is -1.94. The molecule has 0 bridgehead atoms. The molecule has 0 saturated carbocycles. The van der Waals surface area contributed by atoms with E-state index in [0.29, 0.717) is 6.42 Å². The van der Waals surface area contributed by atoms with Gasteiger partial charge in [0.2, 0.25) is 0 Å². The lowest BCUT2D eigenvalue weighted by atomic mass is 10.1. The van der Waals surface area contributed by atoms with Crippen molar-refractivity contribution in [3.05, 3.63) is 29.8 Å². The number of ether oxygens (including phenoxy) is 1. The summed E-state index contributed by atoms with van der Waals surface area (Å²) in [6.45, 7) is -1.20. The van der Waals surface area contributed by atoms with Gasteiger partial charge in [-0.3, -0.25) is 4.79 Å². The number of benzene rings is 1. The molecule has 0 aliphatic rings. The number of halogens is 2. The van der Waals surface area contributed by atoms with Crippen molar-refractivity contribution in [1.29, 1.82) is 0 Å². The molecule has 5 nitrogen and oxygen atoms in total. The lowest BCUT2D eigenvalue weighted by molar-refractivity contribution is -0.139. The predicted molar refractivity (Wildman–Crippen MR) is 66.9 cm³/mol. The summed E-state index contributed by atoms with van der Waals surface area (Å²) in [6.07, 6.45) is 0.875. The number of carboxylic acid groups (broad SMARTS) is 1. The fourth-order valence-electron chi connectivity index (χ4n) is 1.60. The Labute approximate surface area is 114 Å². The van der Waals surface area contributed by atoms with Crippen LogP contribution in [-0.4, -0.2) is 29.6 Å². The van der Waals surface area contributed by atoms with Gasteiger partial charge in [-0.25, -0.2) is 4.79 Å². The number of hydrogen-bond donors (Lipinski definition) is 2. The Bertz CT molecular complexity index is 479. The summed E-state index contributed by atoms with van der Waals surface area (Å²) in [5, 5.41) is 11.3. The molecule has 1 rings (SSSR count). The van der Waals surface area contributed by atoms with Crippen LogP contribution < -0.4 is 10.1 Å². The van der Waals surface area contributed by atoms with E-state index in [1.165, 1.54) is 18.2 Å². The van der Waals surface area contributed by atoms with E-state index in [1.54, 1.807) is 6.92 Å². The summed E-state index contributed by atoms with van der Waals surface area (Å²) in [5.41, 5.74) is 0.0607. The Morgan fingerprint density at radius 2 is 2.10 bits per heavy atom. The highest BCUT2D eigenvalue weighted by atomic mass is 19.3. The maximum absolute atomic E-state index is 12.1. The van der Waals surface area contributed by atoms with E-state index in [1.807, 2.05) is 0 Å². The first-order valence-corrected chi connectivity index (χ1v) is 6.02. The fourth-order valence-corrected chi connectivity index (χ4v) is 1.60. The van der Waals surface area contributed by atoms with Crippen LogP contribution in [0.3, 0.4) is 0 Å². The molecule has 0 aliphatic carbocycles. The van der Waals surface area contributed by atoms with Gasteiger partial charge in [-0.1, -0.05) is 19.4 Å². The van der Waals surface area contributed by atoms with Crippen molar-refractivity contribution in [1.82, 2.24) is 5.32 Å². The Morgan fingerprint density at radius 1 is 1.40 bits per heavy atom. The predicted octanol–water partition coefficient (Wildman–Crippen LogP) is 2.27. The van der Waals surface area contributed by atoms with Gasteiger partial charge in [0.05, 0.1) is 0 Å². The maximum Gasteiger partial charge on any atom is 0.387 e. The van der Waals surface area contributed by atoms with Gasteiger partial charge in [-0.15, -0.1) is 0 Å². The molecule has 1 aromatic rings. The summed E-state index contributed by atoms with van der Waals surface area (Å²) in [7, 11) is 0. The van der Waals surface area contributed by atoms with Crippen LogP contribution in [-0.2, 0) is 4.79 Å². The third-order valence-corrected chi connectivity index (χ3v) is 2.50. The molecule has 0 saturated heterocycles. The molecule has 0 radical (unpaired) electrons. The van der Waals surface area contributed by atoms with E-state index in [2.05, 4.69) is 10.1 Å². The van der Waals surface area contributed by atoms with Crippen LogP contribution in [0.2, 0.25) is 0 Å². The number of alkyl halides is 2. The number of aliphatic carboxylic acids is 1. The smallest absolute Gasteiger partial charge is 0.387 e. The topological polar surface area (TPSA) is 75.6 Å². The van der Waals surface area contributed by atoms with E-state index in [0.717, 1.165) is 6.07 Å². The molecule has 7 heteroatoms. The third kappa shape index (κ3) is 4.83. The number of carbonyl (C=O) groups excluding carboxylic acids is 1. The molecule has 0 fully saturated rings. The van der Waals surface area contributed by atoms with Crippen molar-refractivity contribution in [2.75, 3.05) is 0 Å². The summed E-state index contributed by atoms with van der Waals surface area (Å²) >= 11 is 0. The molecule has 0 spiro atoms. The van der Waals surface area contributed by atoms with Crippen molar-refractivity contribution in [3.63, 3.8) is 0 Å². The van der Waals surface area contributed by atoms with E-state index in [9.17, 15) is 18.4 Å². The van der Waals surface area contributed by atoms with Gasteiger partial charge in [0.1, 0.15) is 11.8 Å². The number of carboxylic acids is 1. The molecule has 1 atom stereocenters. The number of carbonyl (C=O) groups is 2. The lowest BCUT2D eigenvalue weighted by Gasteiger charge is -2.14. The van der Waals surface area contributed by atoms with Gasteiger partial charge < -0.3 is 15.2 Å². The zero-order valence-electron chi connectivity index (χ0n) is 10.8. The van der Waals surface area contributed by atoms with Crippen molar-refractivity contribution in [2.24, 2.45) is 0 Å². The maximum atomic E-state index is 12.1. The van der Waals surface area contributed by atoms with E-state index >= 15 is 0 Å². The number of nitrogens with one attached hydrogen (secondary N) is 1. The minimum Gasteiger partial charge on any atom is -0.480 e. The average molecular weight is 287 g/mol. The highest BCUT2D eigenvalue weighted by Crippen LogP contribution is 2.16. The van der Waals surface area contributed by atoms with Crippen molar-refractivity contribution in [3.8, 4) is 5.75 Å². The molecule has 1 amide bonds. The Balaban J connectivity index is 2.78. The molecule has 20 heavy (non-hydrogen) atoms. The quantitative estimate of drug-likeness (QED) is 0.806. The average Bonchev–Trinajstić information content (AvgIpc) is 2.37. The summed E-state index contributed by atoms with van der Waals surface area (Å²) in [4.78, 5) is 22.8. The molecular formula is C13H15F2NO4. The molecular weight excluding hydrogens is 272 g/mol. The largest absolute Gasteiger partial charge is 0.480 e. The van der Waals surface area contributed by atoms with Crippen LogP contribution in [0.25, 0.3) is 0 Å². The molecule has 0 aromatic heterocycles. The SMILES string of the molecule is CCCC(NC(=O)c1cccc(OC(F)F)c1)C(=O)O. The Morgan fingerprint density at radius 3 is 2.65 bits per heavy atom. The first-order valence-electron chi connectivity index (χ1n) is 6.02. The molecule has 0 heterocycles. The van der Waals surface area contributed by atoms with Crippen LogP contribution >= 0.6 is 0 Å². The highest BCUT2D eigenvalue weighted by molar-refractivity contribution is 5.96. The van der Waals surface area contributed by atoms with Crippen molar-refractivity contribution >= 4 is 11.9 Å². The molecule has 1 unspecified atom stereocenters. The monoisotopic (exact) mass is 287 g/mol. The molecule has 110 valence electrons. The second kappa shape index (κ2) is 7.42. The zero-order valence-corrected chi connectivity index (χ0v) is 10.8. The van der Waals surface area contributed by atoms with Gasteiger partial charge in [0.15, 0.2) is 0 Å². The minimum atomic E-state index is -2.99. The fraction of sp³-hybridized carbons (Fsp3) is 0.385. The lowest BCUT2D eigenvalue weighted by Crippen LogP contribution is -2.40. The van der Waals surface area contributed by atoms with Gasteiger partial charge in [-0.2, -0.15) is 8.78 Å². The first kappa shape index (κ1) is 15.9. The van der Waals surface area contributed by atoms with Crippen LogP contribution in [0, 0.1) is 0 Å². The summed E-state index contributed by atoms with van der Waals surface area (Å²) in [6, 6.07) is 4.17. The van der Waals surface area contributed by atoms with Crippen LogP contribution in [0.5, 0.6) is 5.75 Å².